The summed E-state index contributed by atoms with van der Waals surface area (Å²) in [5.41, 5.74) is 2.62. The van der Waals surface area contributed by atoms with Crippen LogP contribution in [0.4, 0.5) is 0 Å². The summed E-state index contributed by atoms with van der Waals surface area (Å²) in [5.74, 6) is -0.140. The molecule has 5 nitrogen and oxygen atoms in total. The highest BCUT2D eigenvalue weighted by molar-refractivity contribution is 5.78. The van der Waals surface area contributed by atoms with Crippen LogP contribution in [0.5, 0.6) is 0 Å². The largest absolute Gasteiger partial charge is 0.396 e. The number of aliphatic hydroxyl groups excluding tert-OH is 1. The summed E-state index contributed by atoms with van der Waals surface area (Å²) in [4.78, 5) is 14.0. The Morgan fingerprint density at radius 2 is 2.29 bits per heavy atom. The van der Waals surface area contributed by atoms with Gasteiger partial charge < -0.3 is 10.4 Å². The SMILES string of the molecule is N#CCNC(=O)CN(CCCO)C1CCc2ccccc21. The Morgan fingerprint density at radius 3 is 3.05 bits per heavy atom. The fourth-order valence-corrected chi connectivity index (χ4v) is 2.91. The first kappa shape index (κ1) is 15.5. The van der Waals surface area contributed by atoms with Crippen molar-refractivity contribution in [1.82, 2.24) is 10.2 Å². The third-order valence-electron chi connectivity index (χ3n) is 3.86. The molecule has 112 valence electrons. The fraction of sp³-hybridized carbons (Fsp3) is 0.500. The number of nitrogens with zero attached hydrogens (tertiary/aromatic N) is 2. The van der Waals surface area contributed by atoms with E-state index in [1.807, 2.05) is 18.2 Å². The van der Waals surface area contributed by atoms with Gasteiger partial charge in [-0.25, -0.2) is 0 Å². The molecule has 1 aliphatic carbocycles. The summed E-state index contributed by atoms with van der Waals surface area (Å²) in [7, 11) is 0. The van der Waals surface area contributed by atoms with E-state index in [0.717, 1.165) is 12.8 Å². The third-order valence-corrected chi connectivity index (χ3v) is 3.86. The number of amides is 1. The minimum Gasteiger partial charge on any atom is -0.396 e. The van der Waals surface area contributed by atoms with Crippen LogP contribution in [0, 0.1) is 11.3 Å². The molecule has 0 saturated heterocycles. The molecular formula is C16H21N3O2. The highest BCUT2D eigenvalue weighted by Crippen LogP contribution is 2.35. The zero-order chi connectivity index (χ0) is 15.1. The Bertz CT molecular complexity index is 524. The van der Waals surface area contributed by atoms with Crippen molar-refractivity contribution in [2.45, 2.75) is 25.3 Å². The predicted molar refractivity (Wildman–Crippen MR) is 79.4 cm³/mol. The Balaban J connectivity index is 2.06. The second kappa shape index (κ2) is 7.77. The first-order chi connectivity index (χ1) is 10.3. The second-order valence-electron chi connectivity index (χ2n) is 5.24. The average Bonchev–Trinajstić information content (AvgIpc) is 2.93. The smallest absolute Gasteiger partial charge is 0.235 e. The van der Waals surface area contributed by atoms with Crippen LogP contribution in [0.3, 0.4) is 0 Å². The van der Waals surface area contributed by atoms with Crippen molar-refractivity contribution in [3.63, 3.8) is 0 Å². The molecule has 1 aliphatic rings. The van der Waals surface area contributed by atoms with Crippen LogP contribution in [0.1, 0.15) is 30.0 Å². The number of aliphatic hydroxyl groups is 1. The van der Waals surface area contributed by atoms with E-state index >= 15 is 0 Å². The molecule has 1 aromatic carbocycles. The molecule has 5 heteroatoms. The Kier molecular flexibility index (Phi) is 5.73. The number of fused-ring (bicyclic) bond motifs is 1. The zero-order valence-electron chi connectivity index (χ0n) is 12.1. The van der Waals surface area contributed by atoms with Crippen molar-refractivity contribution in [2.24, 2.45) is 0 Å². The van der Waals surface area contributed by atoms with Gasteiger partial charge in [0.25, 0.3) is 0 Å². The molecule has 0 spiro atoms. The minimum absolute atomic E-state index is 0.0356. The molecule has 0 heterocycles. The summed E-state index contributed by atoms with van der Waals surface area (Å²) in [5, 5.41) is 20.2. The number of rotatable bonds is 7. The molecule has 0 bridgehead atoms. The summed E-state index contributed by atoms with van der Waals surface area (Å²) in [6.07, 6.45) is 2.66. The molecule has 1 unspecified atom stereocenters. The number of aryl methyl sites for hydroxylation is 1. The molecule has 1 aromatic rings. The fourth-order valence-electron chi connectivity index (χ4n) is 2.91. The number of nitrogens with one attached hydrogen (secondary N) is 1. The molecule has 2 rings (SSSR count). The maximum atomic E-state index is 11.9. The van der Waals surface area contributed by atoms with Crippen molar-refractivity contribution in [3.05, 3.63) is 35.4 Å². The van der Waals surface area contributed by atoms with E-state index in [9.17, 15) is 4.79 Å². The maximum absolute atomic E-state index is 11.9. The minimum atomic E-state index is -0.140. The van der Waals surface area contributed by atoms with Crippen molar-refractivity contribution in [1.29, 1.82) is 5.26 Å². The lowest BCUT2D eigenvalue weighted by molar-refractivity contribution is -0.122. The third kappa shape index (κ3) is 4.03. The van der Waals surface area contributed by atoms with Crippen molar-refractivity contribution < 1.29 is 9.90 Å². The van der Waals surface area contributed by atoms with Gasteiger partial charge in [0.15, 0.2) is 0 Å². The molecule has 21 heavy (non-hydrogen) atoms. The van der Waals surface area contributed by atoms with E-state index in [0.29, 0.717) is 13.0 Å². The van der Waals surface area contributed by atoms with Gasteiger partial charge in [0.1, 0.15) is 6.54 Å². The standard InChI is InChI=1S/C16H21N3O2/c17-8-9-18-16(21)12-19(10-3-11-20)15-7-6-13-4-1-2-5-14(13)15/h1-2,4-5,15,20H,3,6-7,9-12H2,(H,18,21). The van der Waals surface area contributed by atoms with Crippen LogP contribution >= 0.6 is 0 Å². The molecule has 2 N–H and O–H groups in total. The van der Waals surface area contributed by atoms with Gasteiger partial charge in [-0.3, -0.25) is 9.69 Å². The zero-order valence-corrected chi connectivity index (χ0v) is 12.1. The lowest BCUT2D eigenvalue weighted by Gasteiger charge is -2.28. The Hall–Kier alpha value is -1.90. The van der Waals surface area contributed by atoms with E-state index in [1.165, 1.54) is 11.1 Å². The summed E-state index contributed by atoms with van der Waals surface area (Å²) in [6.45, 7) is 1.09. The molecular weight excluding hydrogens is 266 g/mol. The average molecular weight is 287 g/mol. The lowest BCUT2D eigenvalue weighted by Crippen LogP contribution is -2.39. The van der Waals surface area contributed by atoms with Crippen molar-refractivity contribution in [2.75, 3.05) is 26.2 Å². The second-order valence-corrected chi connectivity index (χ2v) is 5.24. The summed E-state index contributed by atoms with van der Waals surface area (Å²) < 4.78 is 0. The Labute approximate surface area is 125 Å². The topological polar surface area (TPSA) is 76.4 Å². The first-order valence-electron chi connectivity index (χ1n) is 7.32. The number of hydrogen-bond acceptors (Lipinski definition) is 4. The van der Waals surface area contributed by atoms with Crippen LogP contribution in [0.25, 0.3) is 0 Å². The van der Waals surface area contributed by atoms with E-state index in [2.05, 4.69) is 22.3 Å². The first-order valence-corrected chi connectivity index (χ1v) is 7.32. The van der Waals surface area contributed by atoms with Crippen LogP contribution < -0.4 is 5.32 Å². The van der Waals surface area contributed by atoms with E-state index in [4.69, 9.17) is 10.4 Å². The van der Waals surface area contributed by atoms with E-state index in [-0.39, 0.29) is 31.6 Å². The molecule has 0 saturated carbocycles. The van der Waals surface area contributed by atoms with Gasteiger partial charge in [-0.1, -0.05) is 24.3 Å². The molecule has 1 atom stereocenters. The van der Waals surface area contributed by atoms with E-state index < -0.39 is 0 Å². The van der Waals surface area contributed by atoms with Gasteiger partial charge >= 0.3 is 0 Å². The molecule has 0 fully saturated rings. The van der Waals surface area contributed by atoms with Crippen LogP contribution in [-0.4, -0.2) is 42.2 Å². The number of benzene rings is 1. The normalized spacial score (nSPS) is 16.5. The Morgan fingerprint density at radius 1 is 1.48 bits per heavy atom. The molecule has 0 aliphatic heterocycles. The monoisotopic (exact) mass is 287 g/mol. The van der Waals surface area contributed by atoms with E-state index in [1.54, 1.807) is 0 Å². The van der Waals surface area contributed by atoms with Gasteiger partial charge in [0, 0.05) is 19.2 Å². The molecule has 0 aromatic heterocycles. The lowest BCUT2D eigenvalue weighted by atomic mass is 10.1. The van der Waals surface area contributed by atoms with Crippen molar-refractivity contribution >= 4 is 5.91 Å². The molecule has 1 amide bonds. The van der Waals surface area contributed by atoms with Crippen molar-refractivity contribution in [3.8, 4) is 6.07 Å². The highest BCUT2D eigenvalue weighted by Gasteiger charge is 2.28. The van der Waals surface area contributed by atoms with Gasteiger partial charge in [0.2, 0.25) is 5.91 Å². The highest BCUT2D eigenvalue weighted by atomic mass is 16.3. The number of hydrogen-bond donors (Lipinski definition) is 2. The van der Waals surface area contributed by atoms with Gasteiger partial charge in [-0.05, 0) is 30.4 Å². The van der Waals surface area contributed by atoms with Crippen LogP contribution in [0.15, 0.2) is 24.3 Å². The summed E-state index contributed by atoms with van der Waals surface area (Å²) >= 11 is 0. The van der Waals surface area contributed by atoms with Crippen LogP contribution in [-0.2, 0) is 11.2 Å². The van der Waals surface area contributed by atoms with Crippen LogP contribution in [0.2, 0.25) is 0 Å². The summed E-state index contributed by atoms with van der Waals surface area (Å²) in [6, 6.07) is 10.4. The molecule has 0 radical (unpaired) electrons. The van der Waals surface area contributed by atoms with Gasteiger partial charge in [0.05, 0.1) is 12.6 Å². The van der Waals surface area contributed by atoms with Gasteiger partial charge in [-0.2, -0.15) is 5.26 Å². The number of nitriles is 1. The quantitative estimate of drug-likeness (QED) is 0.734. The van der Waals surface area contributed by atoms with Gasteiger partial charge in [-0.15, -0.1) is 0 Å². The number of carbonyl (C=O) groups excluding carboxylic acids is 1. The number of carbonyl (C=O) groups is 1. The predicted octanol–water partition coefficient (Wildman–Crippen LogP) is 0.998. The maximum Gasteiger partial charge on any atom is 0.235 e.